The van der Waals surface area contributed by atoms with Gasteiger partial charge in [0, 0.05) is 48.6 Å². The molecule has 0 saturated carbocycles. The average molecular weight is 411 g/mol. The molecule has 152 valence electrons. The Bertz CT molecular complexity index is 819. The highest BCUT2D eigenvalue weighted by Gasteiger charge is 2.18. The van der Waals surface area contributed by atoms with Gasteiger partial charge in [-0.1, -0.05) is 26.8 Å². The molecule has 3 rings (SSSR count). The summed E-state index contributed by atoms with van der Waals surface area (Å²) in [5, 5.41) is 2.69. The quantitative estimate of drug-likeness (QED) is 0.720. The number of fused-ring (bicyclic) bond motifs is 1. The largest absolute Gasteiger partial charge is 0.371 e. The second-order valence-corrected chi connectivity index (χ2v) is 10.7. The van der Waals surface area contributed by atoms with Gasteiger partial charge in [0.05, 0.1) is 0 Å². The van der Waals surface area contributed by atoms with Crippen LogP contribution >= 0.6 is 11.8 Å². The van der Waals surface area contributed by atoms with Gasteiger partial charge >= 0.3 is 0 Å². The van der Waals surface area contributed by atoms with Gasteiger partial charge in [0.15, 0.2) is 0 Å². The topological polar surface area (TPSA) is 50.3 Å². The number of pyridine rings is 1. The minimum atomic E-state index is -2.67. The number of nitrogens with zero attached hydrogens (tertiary/aromatic N) is 2. The van der Waals surface area contributed by atoms with Crippen LogP contribution in [0.1, 0.15) is 44.4 Å². The molecule has 1 fully saturated rings. The van der Waals surface area contributed by atoms with Gasteiger partial charge in [0.25, 0.3) is 0 Å². The van der Waals surface area contributed by atoms with Gasteiger partial charge in [-0.3, -0.25) is 4.98 Å². The van der Waals surface area contributed by atoms with Crippen LogP contribution in [0.2, 0.25) is 0 Å². The third-order valence-corrected chi connectivity index (χ3v) is 4.73. The summed E-state index contributed by atoms with van der Waals surface area (Å²) in [5.41, 5.74) is 3.89. The Morgan fingerprint density at radius 2 is 1.74 bits per heavy atom. The van der Waals surface area contributed by atoms with E-state index in [1.54, 1.807) is 0 Å². The van der Waals surface area contributed by atoms with Crippen LogP contribution in [0.25, 0.3) is 10.8 Å². The third kappa shape index (κ3) is 8.09. The van der Waals surface area contributed by atoms with Crippen LogP contribution in [0.5, 0.6) is 0 Å². The predicted octanol–water partition coefficient (Wildman–Crippen LogP) is 4.91. The molecule has 0 unspecified atom stereocenters. The van der Waals surface area contributed by atoms with E-state index in [0.29, 0.717) is 5.92 Å². The fourth-order valence-corrected chi connectivity index (χ4v) is 2.69. The van der Waals surface area contributed by atoms with Crippen LogP contribution in [0.4, 0.5) is 5.69 Å². The van der Waals surface area contributed by atoms with E-state index < -0.39 is 9.84 Å². The van der Waals surface area contributed by atoms with E-state index in [2.05, 4.69) is 62.0 Å². The molecule has 0 N–H and O–H groups in total. The molecule has 6 heteroatoms. The Hall–Kier alpha value is -1.27. The molecule has 0 bridgehead atoms. The van der Waals surface area contributed by atoms with Gasteiger partial charge in [-0.05, 0) is 54.4 Å². The van der Waals surface area contributed by atoms with Crippen molar-refractivity contribution in [2.45, 2.75) is 40.0 Å². The number of hydrogen-bond acceptors (Lipinski definition) is 5. The van der Waals surface area contributed by atoms with Gasteiger partial charge < -0.3 is 4.90 Å². The van der Waals surface area contributed by atoms with Crippen molar-refractivity contribution < 1.29 is 8.42 Å². The number of rotatable bonds is 3. The zero-order chi connectivity index (χ0) is 20.6. The minimum Gasteiger partial charge on any atom is -0.371 e. The summed E-state index contributed by atoms with van der Waals surface area (Å²) in [6.07, 6.45) is 7.77. The molecule has 1 saturated heterocycles. The summed E-state index contributed by atoms with van der Waals surface area (Å²) < 4.78 is 19.3. The van der Waals surface area contributed by atoms with Crippen molar-refractivity contribution in [1.29, 1.82) is 0 Å². The van der Waals surface area contributed by atoms with Crippen LogP contribution < -0.4 is 4.90 Å². The maximum Gasteiger partial charge on any atom is 0.144 e. The number of aromatic nitrogens is 1. The number of thioether (sulfide) groups is 1. The molecule has 2 aromatic rings. The average Bonchev–Trinajstić information content (AvgIpc) is 2.51. The minimum absolute atomic E-state index is 0.555. The first kappa shape index (κ1) is 23.8. The van der Waals surface area contributed by atoms with Crippen LogP contribution in [0, 0.1) is 6.92 Å². The van der Waals surface area contributed by atoms with Crippen molar-refractivity contribution in [2.24, 2.45) is 0 Å². The first-order valence-corrected chi connectivity index (χ1v) is 13.1. The highest BCUT2D eigenvalue weighted by Crippen LogP contribution is 2.34. The van der Waals surface area contributed by atoms with E-state index in [4.69, 9.17) is 0 Å². The Morgan fingerprint density at radius 3 is 2.15 bits per heavy atom. The fraction of sp³-hybridized carbons (Fsp3) is 0.571. The second kappa shape index (κ2) is 10.9. The molecule has 0 radical (unpaired) electrons. The Kier molecular flexibility index (Phi) is 9.60. The molecule has 1 aromatic heterocycles. The summed E-state index contributed by atoms with van der Waals surface area (Å²) in [6, 6.07) is 6.79. The maximum absolute atomic E-state index is 9.63. The Balaban J connectivity index is 0.000000342. The van der Waals surface area contributed by atoms with Crippen molar-refractivity contribution in [2.75, 3.05) is 42.5 Å². The molecular formula is C21H34N2O2S2. The van der Waals surface area contributed by atoms with Crippen molar-refractivity contribution in [3.8, 4) is 0 Å². The first-order valence-electron chi connectivity index (χ1n) is 9.36. The predicted molar refractivity (Wildman–Crippen MR) is 122 cm³/mol. The van der Waals surface area contributed by atoms with Crippen LogP contribution in [0.15, 0.2) is 24.4 Å². The molecule has 0 amide bonds. The first-order chi connectivity index (χ1) is 12.6. The number of benzene rings is 1. The lowest BCUT2D eigenvalue weighted by Crippen LogP contribution is -2.37. The normalized spacial score (nSPS) is 13.4. The zero-order valence-corrected chi connectivity index (χ0v) is 19.4. The van der Waals surface area contributed by atoms with E-state index in [1.165, 1.54) is 47.3 Å². The lowest BCUT2D eigenvalue weighted by Gasteiger charge is -2.34. The van der Waals surface area contributed by atoms with E-state index >= 15 is 0 Å². The Labute approximate surface area is 169 Å². The van der Waals surface area contributed by atoms with Crippen molar-refractivity contribution in [3.63, 3.8) is 0 Å². The summed E-state index contributed by atoms with van der Waals surface area (Å²) in [7, 11) is -2.67. The van der Waals surface area contributed by atoms with Gasteiger partial charge in [0.2, 0.25) is 0 Å². The van der Waals surface area contributed by atoms with Crippen molar-refractivity contribution >= 4 is 38.1 Å². The number of aryl methyl sites for hydroxylation is 1. The molecule has 27 heavy (non-hydrogen) atoms. The lowest BCUT2D eigenvalue weighted by molar-refractivity contribution is 0.607. The number of anilines is 1. The summed E-state index contributed by atoms with van der Waals surface area (Å²) in [6.45, 7) is 11.1. The molecule has 2 heterocycles. The summed E-state index contributed by atoms with van der Waals surface area (Å²) >= 11 is 1.86. The maximum atomic E-state index is 9.63. The Morgan fingerprint density at radius 1 is 1.19 bits per heavy atom. The van der Waals surface area contributed by atoms with E-state index in [-0.39, 0.29) is 0 Å². The van der Waals surface area contributed by atoms with Gasteiger partial charge in [-0.15, -0.1) is 0 Å². The SMILES string of the molecule is CCSC.CS(C)(=O)=O.Cc1cc2c(C(C)C)ccc(N3CCC3)c2cn1. The number of hydrogen-bond donors (Lipinski definition) is 0. The molecule has 1 aliphatic rings. The van der Waals surface area contributed by atoms with E-state index in [9.17, 15) is 8.42 Å². The van der Waals surface area contributed by atoms with Crippen LogP contribution in [-0.4, -0.2) is 51.0 Å². The highest BCUT2D eigenvalue weighted by molar-refractivity contribution is 7.98. The molecule has 0 spiro atoms. The van der Waals surface area contributed by atoms with Gasteiger partial charge in [0.1, 0.15) is 9.84 Å². The number of sulfone groups is 1. The summed E-state index contributed by atoms with van der Waals surface area (Å²) in [5.74, 6) is 1.79. The van der Waals surface area contributed by atoms with E-state index in [0.717, 1.165) is 18.2 Å². The van der Waals surface area contributed by atoms with Crippen LogP contribution in [-0.2, 0) is 9.84 Å². The van der Waals surface area contributed by atoms with E-state index in [1.807, 2.05) is 18.0 Å². The molecular weight excluding hydrogens is 376 g/mol. The third-order valence-electron chi connectivity index (χ3n) is 4.16. The summed E-state index contributed by atoms with van der Waals surface area (Å²) in [4.78, 5) is 6.93. The van der Waals surface area contributed by atoms with Crippen molar-refractivity contribution in [1.82, 2.24) is 4.98 Å². The molecule has 0 aliphatic carbocycles. The fourth-order valence-electron chi connectivity index (χ4n) is 2.69. The molecule has 1 aromatic carbocycles. The zero-order valence-electron chi connectivity index (χ0n) is 17.7. The van der Waals surface area contributed by atoms with Crippen molar-refractivity contribution in [3.05, 3.63) is 35.7 Å². The smallest absolute Gasteiger partial charge is 0.144 e. The van der Waals surface area contributed by atoms with Gasteiger partial charge in [-0.2, -0.15) is 11.8 Å². The van der Waals surface area contributed by atoms with Gasteiger partial charge in [-0.25, -0.2) is 8.42 Å². The highest BCUT2D eigenvalue weighted by atomic mass is 32.2. The standard InChI is InChI=1S/C16H20N2.C3H8S.C2H6O2S/c1-11(2)13-5-6-16(18-7-4-8-18)15-10-17-12(3)9-14(13)15;1-3-4-2;1-5(2,3)4/h5-6,9-11H,4,7-8H2,1-3H3;3H2,1-2H3;1-2H3. The van der Waals surface area contributed by atoms with Crippen LogP contribution in [0.3, 0.4) is 0 Å². The molecule has 1 aliphatic heterocycles. The lowest BCUT2D eigenvalue weighted by atomic mass is 9.95. The second-order valence-electron chi connectivity index (χ2n) is 7.26. The monoisotopic (exact) mass is 410 g/mol. The molecule has 4 nitrogen and oxygen atoms in total. The molecule has 0 atom stereocenters.